The first-order valence-electron chi connectivity index (χ1n) is 8.41. The van der Waals surface area contributed by atoms with E-state index in [1.54, 1.807) is 6.20 Å². The van der Waals surface area contributed by atoms with Crippen LogP contribution in [0, 0.1) is 0 Å². The number of nitrogens with zero attached hydrogens (tertiary/aromatic N) is 3. The van der Waals surface area contributed by atoms with Crippen molar-refractivity contribution in [2.45, 2.75) is 57.9 Å². The van der Waals surface area contributed by atoms with Gasteiger partial charge in [-0.3, -0.25) is 4.98 Å². The van der Waals surface area contributed by atoms with Crippen LogP contribution in [-0.2, 0) is 0 Å². The van der Waals surface area contributed by atoms with Crippen molar-refractivity contribution in [2.24, 2.45) is 0 Å². The number of hydrogen-bond donors (Lipinski definition) is 3. The number of pyridine rings is 1. The van der Waals surface area contributed by atoms with E-state index in [2.05, 4.69) is 34.1 Å². The summed E-state index contributed by atoms with van der Waals surface area (Å²) in [5, 5.41) is 13.5. The van der Waals surface area contributed by atoms with E-state index in [1.807, 2.05) is 12.1 Å². The predicted octanol–water partition coefficient (Wildman–Crippen LogP) is 3.13. The molecule has 2 heterocycles. The van der Waals surface area contributed by atoms with Gasteiger partial charge in [-0.2, -0.15) is 4.98 Å². The molecule has 0 spiro atoms. The zero-order chi connectivity index (χ0) is 16.7. The fourth-order valence-corrected chi connectivity index (χ4v) is 2.80. The average Bonchev–Trinajstić information content (AvgIpc) is 2.57. The van der Waals surface area contributed by atoms with Crippen LogP contribution in [0.2, 0.25) is 0 Å². The summed E-state index contributed by atoms with van der Waals surface area (Å²) in [6.45, 7) is 4.37. The van der Waals surface area contributed by atoms with E-state index in [-0.39, 0.29) is 12.6 Å². The molecule has 126 valence electrons. The predicted molar refractivity (Wildman–Crippen MR) is 94.2 cm³/mol. The number of anilines is 2. The second-order valence-corrected chi connectivity index (χ2v) is 6.07. The molecule has 0 aliphatic carbocycles. The summed E-state index contributed by atoms with van der Waals surface area (Å²) in [4.78, 5) is 12.9. The van der Waals surface area contributed by atoms with Crippen molar-refractivity contribution in [1.82, 2.24) is 15.0 Å². The molecule has 6 nitrogen and oxygen atoms in total. The number of nitrogens with two attached hydrogens (primary N) is 1. The van der Waals surface area contributed by atoms with E-state index < -0.39 is 5.54 Å². The molecule has 0 aromatic carbocycles. The molecule has 0 atom stereocenters. The van der Waals surface area contributed by atoms with E-state index in [1.165, 1.54) is 0 Å². The summed E-state index contributed by atoms with van der Waals surface area (Å²) in [6, 6.07) is 3.69. The van der Waals surface area contributed by atoms with E-state index in [0.29, 0.717) is 16.9 Å². The summed E-state index contributed by atoms with van der Waals surface area (Å²) in [7, 11) is 0. The highest BCUT2D eigenvalue weighted by Crippen LogP contribution is 2.28. The molecule has 0 bridgehead atoms. The molecule has 0 aliphatic heterocycles. The lowest BCUT2D eigenvalue weighted by atomic mass is 9.87. The molecule has 0 fully saturated rings. The quantitative estimate of drug-likeness (QED) is 0.657. The molecule has 2 aromatic rings. The second-order valence-electron chi connectivity index (χ2n) is 6.07. The van der Waals surface area contributed by atoms with Crippen LogP contribution in [0.4, 0.5) is 11.8 Å². The normalized spacial score (nSPS) is 11.8. The zero-order valence-corrected chi connectivity index (χ0v) is 14.0. The highest BCUT2D eigenvalue weighted by molar-refractivity contribution is 5.86. The van der Waals surface area contributed by atoms with Crippen LogP contribution in [0.15, 0.2) is 18.3 Å². The van der Waals surface area contributed by atoms with Gasteiger partial charge in [-0.05, 0) is 25.0 Å². The molecule has 0 saturated heterocycles. The third-order valence-corrected chi connectivity index (χ3v) is 4.18. The molecule has 0 saturated carbocycles. The standard InChI is InChI=1S/C17H27N5O/c1-3-5-9-17(12-23,10-6-4-2)22-15-14-13(8-7-11-19-14)20-16(18)21-15/h7-8,11,23H,3-6,9-10,12H2,1-2H3,(H3,18,20,21,22). The average molecular weight is 317 g/mol. The van der Waals surface area contributed by atoms with Crippen LogP contribution in [0.1, 0.15) is 52.4 Å². The SMILES string of the molecule is CCCCC(CO)(CCCC)Nc1nc(N)nc2cccnc12. The number of hydrogen-bond acceptors (Lipinski definition) is 6. The van der Waals surface area contributed by atoms with E-state index >= 15 is 0 Å². The van der Waals surface area contributed by atoms with Crippen LogP contribution in [0.25, 0.3) is 11.0 Å². The molecule has 0 aliphatic rings. The van der Waals surface area contributed by atoms with E-state index in [4.69, 9.17) is 5.73 Å². The Morgan fingerprint density at radius 3 is 2.48 bits per heavy atom. The Kier molecular flexibility index (Phi) is 6.10. The first kappa shape index (κ1) is 17.4. The number of nitrogen functional groups attached to an aromatic ring is 1. The lowest BCUT2D eigenvalue weighted by molar-refractivity contribution is 0.188. The van der Waals surface area contributed by atoms with Crippen molar-refractivity contribution in [3.8, 4) is 0 Å². The third-order valence-electron chi connectivity index (χ3n) is 4.18. The van der Waals surface area contributed by atoms with Gasteiger partial charge in [0.1, 0.15) is 5.52 Å². The Hall–Kier alpha value is -1.95. The molecule has 0 radical (unpaired) electrons. The van der Waals surface area contributed by atoms with Gasteiger partial charge in [-0.1, -0.05) is 39.5 Å². The van der Waals surface area contributed by atoms with Gasteiger partial charge in [0.25, 0.3) is 0 Å². The summed E-state index contributed by atoms with van der Waals surface area (Å²) in [5.41, 5.74) is 6.84. The number of unbranched alkanes of at least 4 members (excludes halogenated alkanes) is 2. The topological polar surface area (TPSA) is 97.0 Å². The Labute approximate surface area is 137 Å². The highest BCUT2D eigenvalue weighted by Gasteiger charge is 2.29. The van der Waals surface area contributed by atoms with Crippen LogP contribution in [0.5, 0.6) is 0 Å². The van der Waals surface area contributed by atoms with Gasteiger partial charge in [0.15, 0.2) is 5.82 Å². The van der Waals surface area contributed by atoms with Crippen LogP contribution >= 0.6 is 0 Å². The molecule has 0 amide bonds. The molecular weight excluding hydrogens is 290 g/mol. The van der Waals surface area contributed by atoms with Crippen molar-refractivity contribution < 1.29 is 5.11 Å². The van der Waals surface area contributed by atoms with Crippen LogP contribution in [0.3, 0.4) is 0 Å². The molecule has 2 rings (SSSR count). The largest absolute Gasteiger partial charge is 0.394 e. The van der Waals surface area contributed by atoms with Crippen molar-refractivity contribution in [3.63, 3.8) is 0 Å². The fourth-order valence-electron chi connectivity index (χ4n) is 2.80. The number of fused-ring (bicyclic) bond motifs is 1. The highest BCUT2D eigenvalue weighted by atomic mass is 16.3. The third kappa shape index (κ3) is 4.28. The Morgan fingerprint density at radius 2 is 1.87 bits per heavy atom. The molecule has 6 heteroatoms. The van der Waals surface area contributed by atoms with Gasteiger partial charge >= 0.3 is 0 Å². The van der Waals surface area contributed by atoms with Crippen molar-refractivity contribution >= 4 is 22.8 Å². The second kappa shape index (κ2) is 8.06. The minimum atomic E-state index is -0.392. The summed E-state index contributed by atoms with van der Waals surface area (Å²) < 4.78 is 0. The van der Waals surface area contributed by atoms with Crippen molar-refractivity contribution in [1.29, 1.82) is 0 Å². The van der Waals surface area contributed by atoms with E-state index in [0.717, 1.165) is 38.5 Å². The first-order chi connectivity index (χ1) is 11.1. The van der Waals surface area contributed by atoms with Gasteiger partial charge in [0.2, 0.25) is 5.95 Å². The van der Waals surface area contributed by atoms with Gasteiger partial charge in [-0.15, -0.1) is 0 Å². The van der Waals surface area contributed by atoms with Gasteiger partial charge in [-0.25, -0.2) is 4.98 Å². The maximum atomic E-state index is 10.1. The van der Waals surface area contributed by atoms with Crippen LogP contribution < -0.4 is 11.1 Å². The number of aromatic nitrogens is 3. The van der Waals surface area contributed by atoms with Crippen LogP contribution in [-0.4, -0.2) is 32.2 Å². The smallest absolute Gasteiger partial charge is 0.222 e. The number of aliphatic hydroxyl groups is 1. The number of aliphatic hydroxyl groups excluding tert-OH is 1. The number of rotatable bonds is 9. The molecule has 2 aromatic heterocycles. The lowest BCUT2D eigenvalue weighted by Crippen LogP contribution is -2.42. The molecular formula is C17H27N5O. The Balaban J connectivity index is 2.38. The molecule has 23 heavy (non-hydrogen) atoms. The maximum Gasteiger partial charge on any atom is 0.222 e. The van der Waals surface area contributed by atoms with Crippen molar-refractivity contribution in [2.75, 3.05) is 17.7 Å². The monoisotopic (exact) mass is 317 g/mol. The fraction of sp³-hybridized carbons (Fsp3) is 0.588. The van der Waals surface area contributed by atoms with Gasteiger partial charge in [0, 0.05) is 6.20 Å². The van der Waals surface area contributed by atoms with Gasteiger partial charge in [0.05, 0.1) is 17.7 Å². The van der Waals surface area contributed by atoms with Gasteiger partial charge < -0.3 is 16.2 Å². The summed E-state index contributed by atoms with van der Waals surface area (Å²) >= 11 is 0. The molecule has 4 N–H and O–H groups in total. The van der Waals surface area contributed by atoms with E-state index in [9.17, 15) is 5.11 Å². The summed E-state index contributed by atoms with van der Waals surface area (Å²) in [5.74, 6) is 0.820. The zero-order valence-electron chi connectivity index (χ0n) is 14.0. The first-order valence-corrected chi connectivity index (χ1v) is 8.41. The minimum Gasteiger partial charge on any atom is -0.394 e. The molecule has 0 unspecified atom stereocenters. The Bertz CT molecular complexity index is 623. The van der Waals surface area contributed by atoms with Crippen molar-refractivity contribution in [3.05, 3.63) is 18.3 Å². The lowest BCUT2D eigenvalue weighted by Gasteiger charge is -2.34. The number of nitrogens with one attached hydrogen (secondary N) is 1. The maximum absolute atomic E-state index is 10.1. The minimum absolute atomic E-state index is 0.0607. The summed E-state index contributed by atoms with van der Waals surface area (Å²) in [6.07, 6.45) is 7.75. The Morgan fingerprint density at radius 1 is 1.17 bits per heavy atom.